The van der Waals surface area contributed by atoms with Gasteiger partial charge in [-0.05, 0) is 18.6 Å². The molecule has 3 N–H and O–H groups in total. The smallest absolute Gasteiger partial charge is 0.425 e. The average Bonchev–Trinajstić information content (AvgIpc) is 2.83. The summed E-state index contributed by atoms with van der Waals surface area (Å²) in [5.41, 5.74) is 1.78. The number of hydrogen-bond donors (Lipinski definition) is 2. The lowest BCUT2D eigenvalue weighted by molar-refractivity contribution is -0.192. The molecule has 1 aromatic carbocycles. The Kier molecular flexibility index (Phi) is 3.84. The van der Waals surface area contributed by atoms with E-state index in [2.05, 4.69) is 10.6 Å². The molecule has 1 heterocycles. The molecule has 0 bridgehead atoms. The summed E-state index contributed by atoms with van der Waals surface area (Å²) < 4.78 is 30.9. The molecule has 1 saturated heterocycles. The number of ether oxygens (including phenoxy) is 1. The van der Waals surface area contributed by atoms with Crippen molar-refractivity contribution in [3.8, 4) is 5.75 Å². The Morgan fingerprint density at radius 2 is 2.20 bits per heavy atom. The summed E-state index contributed by atoms with van der Waals surface area (Å²) in [6.07, 6.45) is -2.94. The van der Waals surface area contributed by atoms with Crippen molar-refractivity contribution < 1.29 is 23.1 Å². The molecular weight excluding hydrogens is 272 g/mol. The molecule has 6 nitrogen and oxygen atoms in total. The zero-order valence-corrected chi connectivity index (χ0v) is 10.4. The number of anilines is 1. The first-order valence-electron chi connectivity index (χ1n) is 5.92. The highest BCUT2D eigenvalue weighted by atomic mass is 19.3. The molecule has 0 aliphatic carbocycles. The van der Waals surface area contributed by atoms with E-state index < -0.39 is 12.0 Å². The van der Waals surface area contributed by atoms with Crippen LogP contribution in [0, 0.1) is 0 Å². The number of halogens is 2. The van der Waals surface area contributed by atoms with Crippen molar-refractivity contribution >= 4 is 17.5 Å². The fourth-order valence-electron chi connectivity index (χ4n) is 1.91. The number of alkyl halides is 2. The summed E-state index contributed by atoms with van der Waals surface area (Å²) >= 11 is 0. The van der Waals surface area contributed by atoms with Gasteiger partial charge in [0.25, 0.3) is 0 Å². The Labute approximate surface area is 113 Å². The molecule has 0 spiro atoms. The van der Waals surface area contributed by atoms with E-state index in [0.717, 1.165) is 6.42 Å². The summed E-state index contributed by atoms with van der Waals surface area (Å²) in [5, 5.41) is 0. The van der Waals surface area contributed by atoms with Crippen LogP contribution in [-0.4, -0.2) is 24.5 Å². The van der Waals surface area contributed by atoms with Crippen LogP contribution in [0.1, 0.15) is 12.8 Å². The number of nitrogens with zero attached hydrogens (tertiary/aromatic N) is 1. The Hall–Kier alpha value is -2.22. The van der Waals surface area contributed by atoms with E-state index in [1.807, 2.05) is 0 Å². The van der Waals surface area contributed by atoms with E-state index in [4.69, 9.17) is 0 Å². The highest BCUT2D eigenvalue weighted by Gasteiger charge is 2.42. The number of rotatable bonds is 4. The SMILES string of the molecule is NNC(=O)C(F)(F)Oc1cccc(N2CCCC2=O)c1. The monoisotopic (exact) mass is 285 g/mol. The van der Waals surface area contributed by atoms with Gasteiger partial charge in [-0.3, -0.25) is 15.0 Å². The number of carbonyl (C=O) groups is 2. The van der Waals surface area contributed by atoms with Crippen molar-refractivity contribution in [1.82, 2.24) is 5.43 Å². The van der Waals surface area contributed by atoms with Crippen molar-refractivity contribution in [3.05, 3.63) is 24.3 Å². The van der Waals surface area contributed by atoms with Crippen LogP contribution >= 0.6 is 0 Å². The third-order valence-electron chi connectivity index (χ3n) is 2.84. The summed E-state index contributed by atoms with van der Waals surface area (Å²) in [4.78, 5) is 23.9. The molecule has 1 fully saturated rings. The summed E-state index contributed by atoms with van der Waals surface area (Å²) in [5.74, 6) is 2.60. The molecule has 1 aliphatic heterocycles. The van der Waals surface area contributed by atoms with Crippen molar-refractivity contribution in [1.29, 1.82) is 0 Å². The first-order valence-corrected chi connectivity index (χ1v) is 5.92. The number of nitrogens with one attached hydrogen (secondary N) is 1. The Balaban J connectivity index is 2.18. The minimum Gasteiger partial charge on any atom is -0.425 e. The number of nitrogens with two attached hydrogens (primary N) is 1. The van der Waals surface area contributed by atoms with Crippen LogP contribution in [0.5, 0.6) is 5.75 Å². The Morgan fingerprint density at radius 3 is 2.80 bits per heavy atom. The number of amides is 2. The predicted molar refractivity (Wildman–Crippen MR) is 65.9 cm³/mol. The van der Waals surface area contributed by atoms with Crippen LogP contribution < -0.4 is 20.9 Å². The van der Waals surface area contributed by atoms with Crippen LogP contribution in [0.2, 0.25) is 0 Å². The van der Waals surface area contributed by atoms with E-state index in [-0.39, 0.29) is 11.7 Å². The molecule has 2 amide bonds. The van der Waals surface area contributed by atoms with Gasteiger partial charge >= 0.3 is 12.0 Å². The van der Waals surface area contributed by atoms with E-state index in [0.29, 0.717) is 18.7 Å². The van der Waals surface area contributed by atoms with Gasteiger partial charge in [0.2, 0.25) is 5.91 Å². The molecule has 1 aromatic rings. The predicted octanol–water partition coefficient (Wildman–Crippen LogP) is 0.775. The maximum Gasteiger partial charge on any atom is 0.483 e. The Morgan fingerprint density at radius 1 is 1.45 bits per heavy atom. The van der Waals surface area contributed by atoms with E-state index in [9.17, 15) is 18.4 Å². The van der Waals surface area contributed by atoms with Gasteiger partial charge in [0.05, 0.1) is 0 Å². The van der Waals surface area contributed by atoms with Crippen LogP contribution in [-0.2, 0) is 9.59 Å². The quantitative estimate of drug-likeness (QED) is 0.486. The van der Waals surface area contributed by atoms with Gasteiger partial charge < -0.3 is 9.64 Å². The third kappa shape index (κ3) is 2.85. The lowest BCUT2D eigenvalue weighted by Gasteiger charge is -2.19. The largest absolute Gasteiger partial charge is 0.483 e. The molecule has 8 heteroatoms. The van der Waals surface area contributed by atoms with Crippen LogP contribution in [0.4, 0.5) is 14.5 Å². The first-order chi connectivity index (χ1) is 9.44. The van der Waals surface area contributed by atoms with Crippen molar-refractivity contribution in [2.24, 2.45) is 5.84 Å². The second-order valence-electron chi connectivity index (χ2n) is 4.24. The van der Waals surface area contributed by atoms with Crippen LogP contribution in [0.25, 0.3) is 0 Å². The molecule has 0 atom stereocenters. The van der Waals surface area contributed by atoms with Crippen molar-refractivity contribution in [2.75, 3.05) is 11.4 Å². The summed E-state index contributed by atoms with van der Waals surface area (Å²) in [6.45, 7) is 0.530. The van der Waals surface area contributed by atoms with Crippen LogP contribution in [0.15, 0.2) is 24.3 Å². The number of hydrazine groups is 1. The molecule has 20 heavy (non-hydrogen) atoms. The number of hydrogen-bond acceptors (Lipinski definition) is 4. The van der Waals surface area contributed by atoms with E-state index in [1.54, 1.807) is 6.07 Å². The molecule has 108 valence electrons. The molecule has 0 radical (unpaired) electrons. The Bertz CT molecular complexity index is 536. The van der Waals surface area contributed by atoms with Gasteiger partial charge in [0, 0.05) is 24.7 Å². The van der Waals surface area contributed by atoms with Gasteiger partial charge in [-0.15, -0.1) is 0 Å². The summed E-state index contributed by atoms with van der Waals surface area (Å²) in [7, 11) is 0. The number of benzene rings is 1. The second-order valence-corrected chi connectivity index (χ2v) is 4.24. The highest BCUT2D eigenvalue weighted by Crippen LogP contribution is 2.28. The molecule has 0 saturated carbocycles. The molecular formula is C12H13F2N3O3. The number of carbonyl (C=O) groups excluding carboxylic acids is 2. The van der Waals surface area contributed by atoms with Gasteiger partial charge in [0.1, 0.15) is 5.75 Å². The van der Waals surface area contributed by atoms with Crippen molar-refractivity contribution in [3.63, 3.8) is 0 Å². The molecule has 2 rings (SSSR count). The average molecular weight is 285 g/mol. The van der Waals surface area contributed by atoms with E-state index in [1.165, 1.54) is 28.5 Å². The van der Waals surface area contributed by atoms with Gasteiger partial charge in [-0.25, -0.2) is 5.84 Å². The normalized spacial score (nSPS) is 15.3. The standard InChI is InChI=1S/C12H13F2N3O3/c13-12(14,11(19)16-15)20-9-4-1-3-8(7-9)17-6-2-5-10(17)18/h1,3-4,7H,2,5-6,15H2,(H,16,19). The molecule has 1 aliphatic rings. The maximum atomic E-state index is 13.3. The lowest BCUT2D eigenvalue weighted by Crippen LogP contribution is -2.47. The molecule has 0 unspecified atom stereocenters. The second kappa shape index (κ2) is 5.41. The fourth-order valence-corrected chi connectivity index (χ4v) is 1.91. The van der Waals surface area contributed by atoms with Gasteiger partial charge in [-0.2, -0.15) is 8.78 Å². The third-order valence-corrected chi connectivity index (χ3v) is 2.84. The van der Waals surface area contributed by atoms with Crippen LogP contribution in [0.3, 0.4) is 0 Å². The topological polar surface area (TPSA) is 84.7 Å². The minimum atomic E-state index is -4.08. The van der Waals surface area contributed by atoms with Gasteiger partial charge in [-0.1, -0.05) is 6.07 Å². The maximum absolute atomic E-state index is 13.3. The molecule has 0 aromatic heterocycles. The van der Waals surface area contributed by atoms with E-state index >= 15 is 0 Å². The lowest BCUT2D eigenvalue weighted by atomic mass is 10.3. The van der Waals surface area contributed by atoms with Gasteiger partial charge in [0.15, 0.2) is 0 Å². The first kappa shape index (κ1) is 14.2. The highest BCUT2D eigenvalue weighted by molar-refractivity contribution is 5.95. The van der Waals surface area contributed by atoms with Crippen molar-refractivity contribution in [2.45, 2.75) is 19.0 Å². The zero-order chi connectivity index (χ0) is 14.8. The fraction of sp³-hybridized carbons (Fsp3) is 0.333. The zero-order valence-electron chi connectivity index (χ0n) is 10.4. The summed E-state index contributed by atoms with van der Waals surface area (Å²) in [6, 6.07) is 5.62. The minimum absolute atomic E-state index is 0.0754.